The third kappa shape index (κ3) is 3.01. The lowest BCUT2D eigenvalue weighted by atomic mass is 9.87. The molecule has 0 aliphatic heterocycles. The van der Waals surface area contributed by atoms with Crippen molar-refractivity contribution in [3.8, 4) is 0 Å². The van der Waals surface area contributed by atoms with E-state index in [0.717, 1.165) is 35.8 Å². The van der Waals surface area contributed by atoms with E-state index in [4.69, 9.17) is 5.73 Å². The topological polar surface area (TPSA) is 88.2 Å². The van der Waals surface area contributed by atoms with E-state index >= 15 is 0 Å². The lowest BCUT2D eigenvalue weighted by molar-refractivity contribution is 0.0877. The Morgan fingerprint density at radius 3 is 3.14 bits per heavy atom. The van der Waals surface area contributed by atoms with Gasteiger partial charge in [-0.05, 0) is 31.2 Å². The van der Waals surface area contributed by atoms with E-state index in [9.17, 15) is 9.90 Å². The number of thiophene rings is 1. The SMILES string of the molecule is Nc1c(C(=O)NCC2CCCC(O)C2)sc2cnccc12. The number of nitrogens with one attached hydrogen (secondary N) is 1. The average Bonchev–Trinajstić information content (AvgIpc) is 2.83. The fourth-order valence-electron chi connectivity index (χ4n) is 2.91. The molecule has 0 saturated heterocycles. The summed E-state index contributed by atoms with van der Waals surface area (Å²) in [7, 11) is 0. The molecule has 21 heavy (non-hydrogen) atoms. The second kappa shape index (κ2) is 5.99. The summed E-state index contributed by atoms with van der Waals surface area (Å²) < 4.78 is 0.924. The van der Waals surface area contributed by atoms with Gasteiger partial charge in [0.05, 0.1) is 16.5 Å². The molecule has 4 N–H and O–H groups in total. The van der Waals surface area contributed by atoms with Crippen LogP contribution in [0.3, 0.4) is 0 Å². The zero-order valence-corrected chi connectivity index (χ0v) is 12.5. The maximum Gasteiger partial charge on any atom is 0.263 e. The van der Waals surface area contributed by atoms with Crippen molar-refractivity contribution in [2.75, 3.05) is 12.3 Å². The van der Waals surface area contributed by atoms with E-state index in [1.165, 1.54) is 11.3 Å². The molecule has 1 fully saturated rings. The standard InChI is InChI=1S/C15H19N3O2S/c16-13-11-4-5-17-8-12(11)21-14(13)15(20)18-7-9-2-1-3-10(19)6-9/h4-5,8-10,19H,1-3,6-7,16H2,(H,18,20). The number of carbonyl (C=O) groups excluding carboxylic acids is 1. The fraction of sp³-hybridized carbons (Fsp3) is 0.467. The smallest absolute Gasteiger partial charge is 0.263 e. The van der Waals surface area contributed by atoms with Gasteiger partial charge in [-0.25, -0.2) is 0 Å². The number of nitrogens with zero attached hydrogens (tertiary/aromatic N) is 1. The van der Waals surface area contributed by atoms with Crippen LogP contribution in [0.4, 0.5) is 5.69 Å². The molecule has 2 heterocycles. The van der Waals surface area contributed by atoms with Crippen molar-refractivity contribution in [2.45, 2.75) is 31.8 Å². The molecule has 3 rings (SSSR count). The summed E-state index contributed by atoms with van der Waals surface area (Å²) in [6.45, 7) is 0.599. The van der Waals surface area contributed by atoms with Gasteiger partial charge in [0.1, 0.15) is 4.88 Å². The Morgan fingerprint density at radius 2 is 2.38 bits per heavy atom. The molecule has 0 bridgehead atoms. The molecule has 2 aromatic rings. The van der Waals surface area contributed by atoms with Gasteiger partial charge in [-0.3, -0.25) is 9.78 Å². The predicted octanol–water partition coefficient (Wildman–Crippen LogP) is 2.16. The molecule has 2 unspecified atom stereocenters. The van der Waals surface area contributed by atoms with Crippen LogP contribution in [-0.4, -0.2) is 28.6 Å². The molecule has 1 aliphatic rings. The predicted molar refractivity (Wildman–Crippen MR) is 84.3 cm³/mol. The fourth-order valence-corrected chi connectivity index (χ4v) is 3.91. The van der Waals surface area contributed by atoms with E-state index in [2.05, 4.69) is 10.3 Å². The maximum atomic E-state index is 12.3. The largest absolute Gasteiger partial charge is 0.397 e. The Morgan fingerprint density at radius 1 is 1.52 bits per heavy atom. The van der Waals surface area contributed by atoms with Gasteiger partial charge in [0.2, 0.25) is 0 Å². The number of nitrogens with two attached hydrogens (primary N) is 1. The third-order valence-electron chi connectivity index (χ3n) is 4.04. The molecule has 5 nitrogen and oxygen atoms in total. The third-order valence-corrected chi connectivity index (χ3v) is 5.20. The molecule has 2 atom stereocenters. The number of amides is 1. The summed E-state index contributed by atoms with van der Waals surface area (Å²) in [5.74, 6) is 0.226. The van der Waals surface area contributed by atoms with E-state index in [0.29, 0.717) is 23.0 Å². The highest BCUT2D eigenvalue weighted by Crippen LogP contribution is 2.32. The van der Waals surface area contributed by atoms with Gasteiger partial charge in [0.15, 0.2) is 0 Å². The first kappa shape index (κ1) is 14.3. The number of aromatic nitrogens is 1. The van der Waals surface area contributed by atoms with Crippen molar-refractivity contribution >= 4 is 33.0 Å². The van der Waals surface area contributed by atoms with E-state index in [1.54, 1.807) is 12.4 Å². The van der Waals surface area contributed by atoms with Gasteiger partial charge in [-0.2, -0.15) is 0 Å². The first-order valence-corrected chi connectivity index (χ1v) is 8.05. The Labute approximate surface area is 127 Å². The average molecular weight is 305 g/mol. The first-order chi connectivity index (χ1) is 10.1. The van der Waals surface area contributed by atoms with Crippen LogP contribution in [0.5, 0.6) is 0 Å². The summed E-state index contributed by atoms with van der Waals surface area (Å²) in [5.41, 5.74) is 6.58. The number of aliphatic hydroxyl groups excluding tert-OH is 1. The summed E-state index contributed by atoms with van der Waals surface area (Å²) in [6, 6.07) is 1.83. The van der Waals surface area contributed by atoms with Crippen molar-refractivity contribution in [3.05, 3.63) is 23.3 Å². The van der Waals surface area contributed by atoms with Gasteiger partial charge in [0.25, 0.3) is 5.91 Å². The van der Waals surface area contributed by atoms with Crippen molar-refractivity contribution in [1.82, 2.24) is 10.3 Å². The summed E-state index contributed by atoms with van der Waals surface area (Å²) in [5, 5.41) is 13.5. The van der Waals surface area contributed by atoms with Crippen LogP contribution < -0.4 is 11.1 Å². The summed E-state index contributed by atoms with van der Waals surface area (Å²) in [4.78, 5) is 16.9. The lowest BCUT2D eigenvalue weighted by Crippen LogP contribution is -2.32. The number of hydrogen-bond donors (Lipinski definition) is 3. The molecule has 2 aromatic heterocycles. The van der Waals surface area contributed by atoms with Gasteiger partial charge in [-0.1, -0.05) is 6.42 Å². The zero-order chi connectivity index (χ0) is 14.8. The molecular weight excluding hydrogens is 286 g/mol. The first-order valence-electron chi connectivity index (χ1n) is 7.23. The zero-order valence-electron chi connectivity index (χ0n) is 11.7. The summed E-state index contributed by atoms with van der Waals surface area (Å²) in [6.07, 6.45) is 6.91. The monoisotopic (exact) mass is 305 g/mol. The molecule has 1 saturated carbocycles. The van der Waals surface area contributed by atoms with E-state index in [-0.39, 0.29) is 12.0 Å². The Bertz CT molecular complexity index is 655. The normalized spacial score (nSPS) is 22.3. The number of anilines is 1. The van der Waals surface area contributed by atoms with Gasteiger partial charge in [0, 0.05) is 24.3 Å². The van der Waals surface area contributed by atoms with Crippen molar-refractivity contribution in [3.63, 3.8) is 0 Å². The number of rotatable bonds is 3. The van der Waals surface area contributed by atoms with E-state index < -0.39 is 0 Å². The molecule has 0 spiro atoms. The van der Waals surface area contributed by atoms with Crippen molar-refractivity contribution < 1.29 is 9.90 Å². The lowest BCUT2D eigenvalue weighted by Gasteiger charge is -2.25. The number of carbonyl (C=O) groups is 1. The minimum atomic E-state index is -0.221. The maximum absolute atomic E-state index is 12.3. The molecule has 0 radical (unpaired) electrons. The molecule has 112 valence electrons. The second-order valence-electron chi connectivity index (χ2n) is 5.61. The Kier molecular flexibility index (Phi) is 4.07. The van der Waals surface area contributed by atoms with Crippen LogP contribution >= 0.6 is 11.3 Å². The minimum Gasteiger partial charge on any atom is -0.397 e. The highest BCUT2D eigenvalue weighted by Gasteiger charge is 2.22. The van der Waals surface area contributed by atoms with Gasteiger partial charge < -0.3 is 16.2 Å². The van der Waals surface area contributed by atoms with Crippen LogP contribution in [0, 0.1) is 5.92 Å². The number of fused-ring (bicyclic) bond motifs is 1. The van der Waals surface area contributed by atoms with Crippen LogP contribution in [0.15, 0.2) is 18.5 Å². The molecular formula is C15H19N3O2S. The summed E-state index contributed by atoms with van der Waals surface area (Å²) >= 11 is 1.37. The Hall–Kier alpha value is -1.66. The van der Waals surface area contributed by atoms with Crippen LogP contribution in [0.25, 0.3) is 10.1 Å². The number of hydrogen-bond acceptors (Lipinski definition) is 5. The van der Waals surface area contributed by atoms with Crippen molar-refractivity contribution in [2.24, 2.45) is 5.92 Å². The number of aliphatic hydroxyl groups is 1. The van der Waals surface area contributed by atoms with Crippen molar-refractivity contribution in [1.29, 1.82) is 0 Å². The molecule has 6 heteroatoms. The van der Waals surface area contributed by atoms with Gasteiger partial charge in [-0.15, -0.1) is 11.3 Å². The molecule has 1 amide bonds. The highest BCUT2D eigenvalue weighted by molar-refractivity contribution is 7.21. The highest BCUT2D eigenvalue weighted by atomic mass is 32.1. The number of pyridine rings is 1. The Balaban J connectivity index is 1.68. The van der Waals surface area contributed by atoms with Gasteiger partial charge >= 0.3 is 0 Å². The van der Waals surface area contributed by atoms with Crippen LogP contribution in [0.1, 0.15) is 35.4 Å². The van der Waals surface area contributed by atoms with Crippen LogP contribution in [0.2, 0.25) is 0 Å². The second-order valence-corrected chi connectivity index (χ2v) is 6.67. The quantitative estimate of drug-likeness (QED) is 0.811. The number of nitrogen functional groups attached to an aromatic ring is 1. The minimum absolute atomic E-state index is 0.131. The molecule has 1 aliphatic carbocycles. The van der Waals surface area contributed by atoms with Crippen LogP contribution in [-0.2, 0) is 0 Å². The molecule has 0 aromatic carbocycles. The van der Waals surface area contributed by atoms with E-state index in [1.807, 2.05) is 6.07 Å².